The number of hydrogen-bond donors (Lipinski definition) is 2. The van der Waals surface area contributed by atoms with E-state index in [-0.39, 0.29) is 24.0 Å². The average molecular weight is 379 g/mol. The molecule has 1 aromatic heterocycles. The summed E-state index contributed by atoms with van der Waals surface area (Å²) in [6.07, 6.45) is 4.07. The van der Waals surface area contributed by atoms with Crippen LogP contribution >= 0.6 is 24.0 Å². The second-order valence-corrected chi connectivity index (χ2v) is 4.34. The monoisotopic (exact) mass is 379 g/mol. The number of hydrogen-bond acceptors (Lipinski definition) is 2. The maximum atomic E-state index is 5.27. The summed E-state index contributed by atoms with van der Waals surface area (Å²) in [6.45, 7) is 8.93. The molecule has 0 aliphatic carbocycles. The van der Waals surface area contributed by atoms with Crippen molar-refractivity contribution in [2.75, 3.05) is 13.1 Å². The molecule has 0 amide bonds. The summed E-state index contributed by atoms with van der Waals surface area (Å²) in [4.78, 5) is 4.50. The molecule has 0 aliphatic rings. The van der Waals surface area contributed by atoms with Crippen LogP contribution in [0.4, 0.5) is 0 Å². The van der Waals surface area contributed by atoms with Crippen molar-refractivity contribution >= 4 is 29.9 Å². The van der Waals surface area contributed by atoms with Gasteiger partial charge in [0.25, 0.3) is 0 Å². The van der Waals surface area contributed by atoms with Crippen LogP contribution in [0.5, 0.6) is 0 Å². The zero-order chi connectivity index (χ0) is 13.2. The summed E-state index contributed by atoms with van der Waals surface area (Å²) in [6, 6.07) is 3.82. The van der Waals surface area contributed by atoms with Gasteiger partial charge < -0.3 is 15.1 Å². The smallest absolute Gasteiger partial charge is 0.191 e. The highest BCUT2D eigenvalue weighted by Crippen LogP contribution is 2.05. The van der Waals surface area contributed by atoms with Gasteiger partial charge in [0.2, 0.25) is 0 Å². The Morgan fingerprint density at radius 3 is 2.53 bits per heavy atom. The maximum absolute atomic E-state index is 5.27. The first-order chi connectivity index (χ1) is 8.80. The Labute approximate surface area is 133 Å². The predicted molar refractivity (Wildman–Crippen MR) is 91.0 cm³/mol. The molecular weight excluding hydrogens is 353 g/mol. The molecule has 0 radical (unpaired) electrons. The first-order valence-corrected chi connectivity index (χ1v) is 6.84. The summed E-state index contributed by atoms with van der Waals surface area (Å²) >= 11 is 0. The number of nitrogens with one attached hydrogen (secondary N) is 2. The van der Waals surface area contributed by atoms with Gasteiger partial charge in [0, 0.05) is 13.1 Å². The van der Waals surface area contributed by atoms with Gasteiger partial charge in [-0.15, -0.1) is 24.0 Å². The third-order valence-electron chi connectivity index (χ3n) is 3.03. The van der Waals surface area contributed by atoms with Gasteiger partial charge in [0.05, 0.1) is 6.26 Å². The molecule has 110 valence electrons. The zero-order valence-corrected chi connectivity index (χ0v) is 14.4. The van der Waals surface area contributed by atoms with Crippen molar-refractivity contribution in [1.82, 2.24) is 10.6 Å². The lowest BCUT2D eigenvalue weighted by Gasteiger charge is -2.16. The summed E-state index contributed by atoms with van der Waals surface area (Å²) in [5.41, 5.74) is 0. The molecule has 0 bridgehead atoms. The largest absolute Gasteiger partial charge is 0.467 e. The van der Waals surface area contributed by atoms with E-state index >= 15 is 0 Å². The van der Waals surface area contributed by atoms with Gasteiger partial charge in [-0.1, -0.05) is 26.7 Å². The molecule has 1 heterocycles. The number of rotatable bonds is 7. The molecule has 0 spiro atoms. The zero-order valence-electron chi connectivity index (χ0n) is 12.1. The molecule has 2 N–H and O–H groups in total. The Hall–Kier alpha value is -0.720. The fourth-order valence-electron chi connectivity index (χ4n) is 1.72. The van der Waals surface area contributed by atoms with Gasteiger partial charge in [-0.25, -0.2) is 4.99 Å². The Kier molecular flexibility index (Phi) is 10.7. The summed E-state index contributed by atoms with van der Waals surface area (Å²) < 4.78 is 5.27. The lowest BCUT2D eigenvalue weighted by molar-refractivity contribution is 0.480. The quantitative estimate of drug-likeness (QED) is 0.434. The normalized spacial score (nSPS) is 11.3. The molecule has 0 aliphatic heterocycles. The summed E-state index contributed by atoms with van der Waals surface area (Å²) in [5.74, 6) is 2.45. The van der Waals surface area contributed by atoms with Crippen LogP contribution in [-0.4, -0.2) is 19.0 Å². The van der Waals surface area contributed by atoms with Crippen LogP contribution in [0.15, 0.2) is 27.8 Å². The molecule has 5 heteroatoms. The average Bonchev–Trinajstić information content (AvgIpc) is 2.90. The van der Waals surface area contributed by atoms with E-state index in [1.165, 1.54) is 12.8 Å². The summed E-state index contributed by atoms with van der Waals surface area (Å²) in [5, 5.41) is 6.63. The van der Waals surface area contributed by atoms with E-state index in [1.807, 2.05) is 12.1 Å². The molecule has 1 aromatic rings. The molecule has 0 saturated carbocycles. The number of halogens is 1. The van der Waals surface area contributed by atoms with Crippen molar-refractivity contribution in [2.45, 2.75) is 40.2 Å². The van der Waals surface area contributed by atoms with E-state index in [4.69, 9.17) is 4.42 Å². The van der Waals surface area contributed by atoms with E-state index in [0.29, 0.717) is 12.5 Å². The van der Waals surface area contributed by atoms with Crippen LogP contribution in [0.1, 0.15) is 39.4 Å². The Balaban J connectivity index is 0.00000324. The highest BCUT2D eigenvalue weighted by atomic mass is 127. The molecular formula is C14H26IN3O. The van der Waals surface area contributed by atoms with Crippen LogP contribution in [0.2, 0.25) is 0 Å². The van der Waals surface area contributed by atoms with Crippen molar-refractivity contribution in [3.63, 3.8) is 0 Å². The first kappa shape index (κ1) is 18.3. The third kappa shape index (κ3) is 7.44. The minimum Gasteiger partial charge on any atom is -0.467 e. The van der Waals surface area contributed by atoms with Crippen LogP contribution in [0, 0.1) is 5.92 Å². The van der Waals surface area contributed by atoms with Crippen LogP contribution in [0.3, 0.4) is 0 Å². The molecule has 0 saturated heterocycles. The van der Waals surface area contributed by atoms with Crippen molar-refractivity contribution in [3.8, 4) is 0 Å². The van der Waals surface area contributed by atoms with Gasteiger partial charge in [-0.3, -0.25) is 0 Å². The molecule has 19 heavy (non-hydrogen) atoms. The van der Waals surface area contributed by atoms with Crippen molar-refractivity contribution < 1.29 is 4.42 Å². The van der Waals surface area contributed by atoms with Gasteiger partial charge in [-0.05, 0) is 25.0 Å². The van der Waals surface area contributed by atoms with Gasteiger partial charge >= 0.3 is 0 Å². The van der Waals surface area contributed by atoms with Crippen LogP contribution < -0.4 is 10.6 Å². The molecule has 1 rings (SSSR count). The highest BCUT2D eigenvalue weighted by Gasteiger charge is 2.04. The first-order valence-electron chi connectivity index (χ1n) is 6.84. The predicted octanol–water partition coefficient (Wildman–Crippen LogP) is 3.39. The minimum atomic E-state index is 0. The standard InChI is InChI=1S/C14H25N3O.HI/c1-4-12(5-2)10-16-14(15-6-3)17-11-13-8-7-9-18-13;/h7-9,12H,4-6,10-11H2,1-3H3,(H2,15,16,17);1H. The second kappa shape index (κ2) is 11.1. The van der Waals surface area contributed by atoms with E-state index < -0.39 is 0 Å². The van der Waals surface area contributed by atoms with E-state index in [9.17, 15) is 0 Å². The molecule has 4 nitrogen and oxygen atoms in total. The molecule has 0 unspecified atom stereocenters. The summed E-state index contributed by atoms with van der Waals surface area (Å²) in [7, 11) is 0. The lowest BCUT2D eigenvalue weighted by Crippen LogP contribution is -2.39. The number of furan rings is 1. The number of aliphatic imine (C=N–C) groups is 1. The van der Waals surface area contributed by atoms with Gasteiger partial charge in [-0.2, -0.15) is 0 Å². The van der Waals surface area contributed by atoms with Crippen LogP contribution in [0.25, 0.3) is 0 Å². The van der Waals surface area contributed by atoms with E-state index in [2.05, 4.69) is 36.4 Å². The number of nitrogens with zero attached hydrogens (tertiary/aromatic N) is 1. The fraction of sp³-hybridized carbons (Fsp3) is 0.643. The second-order valence-electron chi connectivity index (χ2n) is 4.34. The SMILES string of the molecule is CCNC(=NCc1ccco1)NCC(CC)CC.I. The van der Waals surface area contributed by atoms with E-state index in [1.54, 1.807) is 6.26 Å². The molecule has 0 aromatic carbocycles. The Morgan fingerprint density at radius 1 is 1.26 bits per heavy atom. The topological polar surface area (TPSA) is 49.6 Å². The lowest BCUT2D eigenvalue weighted by atomic mass is 10.0. The third-order valence-corrected chi connectivity index (χ3v) is 3.03. The van der Waals surface area contributed by atoms with E-state index in [0.717, 1.165) is 24.8 Å². The number of guanidine groups is 1. The fourth-order valence-corrected chi connectivity index (χ4v) is 1.72. The van der Waals surface area contributed by atoms with Gasteiger partial charge in [0.1, 0.15) is 12.3 Å². The van der Waals surface area contributed by atoms with Crippen LogP contribution in [-0.2, 0) is 6.54 Å². The van der Waals surface area contributed by atoms with Crippen molar-refractivity contribution in [2.24, 2.45) is 10.9 Å². The van der Waals surface area contributed by atoms with Crippen molar-refractivity contribution in [3.05, 3.63) is 24.2 Å². The van der Waals surface area contributed by atoms with Gasteiger partial charge in [0.15, 0.2) is 5.96 Å². The highest BCUT2D eigenvalue weighted by molar-refractivity contribution is 14.0. The molecule has 0 atom stereocenters. The van der Waals surface area contributed by atoms with Crippen molar-refractivity contribution in [1.29, 1.82) is 0 Å². The molecule has 0 fully saturated rings. The minimum absolute atomic E-state index is 0. The Bertz CT molecular complexity index is 334. The Morgan fingerprint density at radius 2 is 2.00 bits per heavy atom. The maximum Gasteiger partial charge on any atom is 0.191 e.